The van der Waals surface area contributed by atoms with Crippen LogP contribution in [0, 0.1) is 11.6 Å². The topological polar surface area (TPSA) is 130 Å². The van der Waals surface area contributed by atoms with E-state index in [0.717, 1.165) is 9.47 Å². The number of halogens is 5. The van der Waals surface area contributed by atoms with Crippen molar-refractivity contribution in [3.63, 3.8) is 0 Å². The van der Waals surface area contributed by atoms with Gasteiger partial charge >= 0.3 is 12.3 Å². The Kier molecular flexibility index (Phi) is 10.8. The molecule has 0 aliphatic carbocycles. The van der Waals surface area contributed by atoms with E-state index in [1.54, 1.807) is 14.1 Å². The second-order valence-electron chi connectivity index (χ2n) is 10.2. The Morgan fingerprint density at radius 2 is 1.84 bits per heavy atom. The number of hydrogen-bond donors (Lipinski definition) is 2. The van der Waals surface area contributed by atoms with Crippen molar-refractivity contribution in [3.8, 4) is 0 Å². The average Bonchev–Trinajstić information content (AvgIpc) is 3.35. The highest BCUT2D eigenvalue weighted by atomic mass is 19.4. The number of anilines is 1. The van der Waals surface area contributed by atoms with Crippen molar-refractivity contribution in [3.05, 3.63) is 69.9 Å². The Balaban J connectivity index is 1.83. The summed E-state index contributed by atoms with van der Waals surface area (Å²) in [7, 11) is 5.97. The molecule has 1 atom stereocenters. The van der Waals surface area contributed by atoms with Gasteiger partial charge in [-0.25, -0.2) is 18.6 Å². The van der Waals surface area contributed by atoms with Crippen LogP contribution in [0.4, 0.5) is 32.4 Å². The Morgan fingerprint density at radius 3 is 2.48 bits per heavy atom. The third kappa shape index (κ3) is 8.87. The monoisotopic (exact) mass is 626 g/mol. The van der Waals surface area contributed by atoms with Crippen molar-refractivity contribution in [1.29, 1.82) is 0 Å². The van der Waals surface area contributed by atoms with Gasteiger partial charge in [-0.1, -0.05) is 6.08 Å². The lowest BCUT2D eigenvalue weighted by Crippen LogP contribution is -2.37. The van der Waals surface area contributed by atoms with Gasteiger partial charge in [0.05, 0.1) is 12.1 Å². The first-order valence-electron chi connectivity index (χ1n) is 13.3. The van der Waals surface area contributed by atoms with Crippen molar-refractivity contribution in [1.82, 2.24) is 24.3 Å². The van der Waals surface area contributed by atoms with E-state index in [-0.39, 0.29) is 47.8 Å². The summed E-state index contributed by atoms with van der Waals surface area (Å²) in [5.41, 5.74) is -1.99. The molecule has 3 aromatic rings. The van der Waals surface area contributed by atoms with Crippen LogP contribution in [0.3, 0.4) is 0 Å². The number of aryl methyl sites for hydroxylation is 1. The standard InChI is InChI=1S/C28H31F5N6O5/c1-37(2)22(40)10-6-5-9-20(44-27(43)38(3)4)25(41)34-19-8-7-13-39(26(19)42)15-21-35-23-16(11-12-28(31,32)33)17(29)14-18(30)24(23)36-21/h6-8,10,13-14,20H,5,9,11-12,15H2,1-4H3,(H,34,41)(H,35,36)/b10-6+/t20-/m0/s1. The number of alkyl halides is 3. The third-order valence-corrected chi connectivity index (χ3v) is 6.28. The lowest BCUT2D eigenvalue weighted by Gasteiger charge is -2.19. The van der Waals surface area contributed by atoms with Crippen molar-refractivity contribution in [2.75, 3.05) is 33.5 Å². The molecule has 3 rings (SSSR count). The van der Waals surface area contributed by atoms with E-state index in [2.05, 4.69) is 15.3 Å². The van der Waals surface area contributed by atoms with Crippen LogP contribution in [-0.4, -0.2) is 82.7 Å². The number of ether oxygens (including phenoxy) is 1. The number of benzene rings is 1. The fraction of sp³-hybridized carbons (Fsp3) is 0.393. The minimum Gasteiger partial charge on any atom is -0.436 e. The molecule has 2 N–H and O–H groups in total. The zero-order valence-electron chi connectivity index (χ0n) is 24.3. The number of hydrogen-bond acceptors (Lipinski definition) is 6. The molecule has 2 aromatic heterocycles. The van der Waals surface area contributed by atoms with Crippen molar-refractivity contribution in [2.45, 2.75) is 44.5 Å². The summed E-state index contributed by atoms with van der Waals surface area (Å²) in [6.45, 7) is -0.333. The zero-order chi connectivity index (χ0) is 32.8. The van der Waals surface area contributed by atoms with Crippen molar-refractivity contribution in [2.24, 2.45) is 0 Å². The predicted octanol–water partition coefficient (Wildman–Crippen LogP) is 3.98. The van der Waals surface area contributed by atoms with Crippen molar-refractivity contribution >= 4 is 34.6 Å². The largest absolute Gasteiger partial charge is 0.436 e. The van der Waals surface area contributed by atoms with Gasteiger partial charge in [0.2, 0.25) is 5.91 Å². The molecule has 11 nitrogen and oxygen atoms in total. The summed E-state index contributed by atoms with van der Waals surface area (Å²) >= 11 is 0. The van der Waals surface area contributed by atoms with Gasteiger partial charge in [-0.2, -0.15) is 13.2 Å². The predicted molar refractivity (Wildman–Crippen MR) is 150 cm³/mol. The molecule has 238 valence electrons. The molecular weight excluding hydrogens is 595 g/mol. The number of aromatic amines is 1. The van der Waals surface area contributed by atoms with Crippen LogP contribution < -0.4 is 10.9 Å². The summed E-state index contributed by atoms with van der Waals surface area (Å²) in [4.78, 5) is 59.2. The van der Waals surface area contributed by atoms with Crippen LogP contribution in [0.15, 0.2) is 41.3 Å². The Bertz CT molecular complexity index is 1610. The molecule has 16 heteroatoms. The molecule has 3 amide bonds. The highest BCUT2D eigenvalue weighted by Gasteiger charge is 2.29. The summed E-state index contributed by atoms with van der Waals surface area (Å²) in [5, 5.41) is 2.42. The van der Waals surface area contributed by atoms with Gasteiger partial charge in [0.25, 0.3) is 11.5 Å². The quantitative estimate of drug-likeness (QED) is 0.245. The van der Waals surface area contributed by atoms with E-state index in [1.165, 1.54) is 49.5 Å². The number of carbonyl (C=O) groups excluding carboxylic acids is 3. The van der Waals surface area contributed by atoms with Crippen molar-refractivity contribution < 1.29 is 41.1 Å². The third-order valence-electron chi connectivity index (χ3n) is 6.28. The second-order valence-corrected chi connectivity index (χ2v) is 10.2. The summed E-state index contributed by atoms with van der Waals surface area (Å²) in [5.74, 6) is -3.42. The lowest BCUT2D eigenvalue weighted by molar-refractivity contribution is -0.134. The first-order valence-corrected chi connectivity index (χ1v) is 13.3. The summed E-state index contributed by atoms with van der Waals surface area (Å²) in [6.07, 6.45) is -4.50. The summed E-state index contributed by atoms with van der Waals surface area (Å²) in [6, 6.07) is 3.15. The first-order chi connectivity index (χ1) is 20.6. The molecule has 2 heterocycles. The second kappa shape index (κ2) is 14.1. The van der Waals surface area contributed by atoms with Crippen LogP contribution >= 0.6 is 0 Å². The minimum absolute atomic E-state index is 0.0125. The van der Waals surface area contributed by atoms with E-state index in [4.69, 9.17) is 4.74 Å². The Morgan fingerprint density at radius 1 is 1.14 bits per heavy atom. The van der Waals surface area contributed by atoms with Gasteiger partial charge in [0.1, 0.15) is 22.8 Å². The molecule has 1 aromatic carbocycles. The fourth-order valence-electron chi connectivity index (χ4n) is 3.97. The van der Waals surface area contributed by atoms with E-state index < -0.39 is 59.9 Å². The van der Waals surface area contributed by atoms with E-state index in [0.29, 0.717) is 6.07 Å². The molecule has 0 bridgehead atoms. The first kappa shape index (κ1) is 33.7. The number of imidazole rings is 1. The van der Waals surface area contributed by atoms with Crippen LogP contribution in [0.5, 0.6) is 0 Å². The fourth-order valence-corrected chi connectivity index (χ4v) is 3.97. The number of amides is 3. The number of allylic oxidation sites excluding steroid dienone is 1. The number of likely N-dealkylation sites (N-methyl/N-ethyl adjacent to an activating group) is 1. The van der Waals surface area contributed by atoms with Crippen LogP contribution in [0.2, 0.25) is 0 Å². The van der Waals surface area contributed by atoms with Crippen LogP contribution in [0.25, 0.3) is 11.0 Å². The maximum Gasteiger partial charge on any atom is 0.410 e. The highest BCUT2D eigenvalue weighted by Crippen LogP contribution is 2.28. The normalized spacial score (nSPS) is 12.4. The molecule has 0 aliphatic heterocycles. The van der Waals surface area contributed by atoms with Gasteiger partial charge in [-0.3, -0.25) is 14.4 Å². The van der Waals surface area contributed by atoms with Gasteiger partial charge in [0, 0.05) is 52.4 Å². The van der Waals surface area contributed by atoms with Gasteiger partial charge < -0.3 is 29.4 Å². The van der Waals surface area contributed by atoms with Crippen LogP contribution in [-0.2, 0) is 27.3 Å². The zero-order valence-corrected chi connectivity index (χ0v) is 24.3. The van der Waals surface area contributed by atoms with Gasteiger partial charge in [-0.15, -0.1) is 0 Å². The number of nitrogens with one attached hydrogen (secondary N) is 2. The van der Waals surface area contributed by atoms with Gasteiger partial charge in [-0.05, 0) is 37.5 Å². The maximum atomic E-state index is 14.4. The van der Waals surface area contributed by atoms with Crippen LogP contribution in [0.1, 0.15) is 30.7 Å². The number of aromatic nitrogens is 3. The average molecular weight is 627 g/mol. The molecular formula is C28H31F5N6O5. The molecule has 44 heavy (non-hydrogen) atoms. The van der Waals surface area contributed by atoms with E-state index in [9.17, 15) is 41.1 Å². The SMILES string of the molecule is CN(C)C(=O)/C=C/CC[C@H](OC(=O)N(C)C)C(=O)Nc1cccn(Cc2nc3c(F)cc(F)c(CCC(F)(F)F)c3[nH]2)c1=O. The van der Waals surface area contributed by atoms with E-state index >= 15 is 0 Å². The Hall–Kier alpha value is -4.76. The number of H-pyrrole nitrogens is 1. The number of rotatable bonds is 11. The number of pyridine rings is 1. The Labute approximate surface area is 248 Å². The smallest absolute Gasteiger partial charge is 0.410 e. The lowest BCUT2D eigenvalue weighted by atomic mass is 10.1. The molecule has 0 radical (unpaired) electrons. The van der Waals surface area contributed by atoms with E-state index in [1.807, 2.05) is 0 Å². The van der Waals surface area contributed by atoms with Gasteiger partial charge in [0.15, 0.2) is 11.9 Å². The number of nitrogens with zero attached hydrogens (tertiary/aromatic N) is 4. The summed E-state index contributed by atoms with van der Waals surface area (Å²) < 4.78 is 73.4. The molecule has 0 saturated heterocycles. The molecule has 0 fully saturated rings. The molecule has 0 spiro atoms. The minimum atomic E-state index is -4.57. The number of fused-ring (bicyclic) bond motifs is 1. The molecule has 0 unspecified atom stereocenters. The molecule has 0 aliphatic rings. The molecule has 0 saturated carbocycles. The highest BCUT2D eigenvalue weighted by molar-refractivity contribution is 5.95. The number of carbonyl (C=O) groups is 3. The maximum absolute atomic E-state index is 14.4.